The Morgan fingerprint density at radius 3 is 2.71 bits per heavy atom. The molecule has 88 valence electrons. The van der Waals surface area contributed by atoms with Crippen molar-refractivity contribution in [3.63, 3.8) is 0 Å². The van der Waals surface area contributed by atoms with Crippen LogP contribution in [0.1, 0.15) is 5.56 Å². The Hall–Kier alpha value is -0.510. The first kappa shape index (κ1) is 12.9. The van der Waals surface area contributed by atoms with Crippen LogP contribution < -0.4 is 0 Å². The Balaban J connectivity index is 2.07. The predicted octanol–water partition coefficient (Wildman–Crippen LogP) is 5.53. The van der Waals surface area contributed by atoms with Gasteiger partial charge in [0.15, 0.2) is 0 Å². The SMILES string of the molecule is Fc1ccc(CSc2cccc(Cl)c2)c(Br)c1. The van der Waals surface area contributed by atoms with Crippen LogP contribution in [0.25, 0.3) is 0 Å². The minimum Gasteiger partial charge on any atom is -0.207 e. The van der Waals surface area contributed by atoms with Gasteiger partial charge in [0.05, 0.1) is 0 Å². The van der Waals surface area contributed by atoms with Crippen molar-refractivity contribution in [3.05, 3.63) is 63.3 Å². The molecule has 4 heteroatoms. The van der Waals surface area contributed by atoms with Gasteiger partial charge in [0.2, 0.25) is 0 Å². The van der Waals surface area contributed by atoms with E-state index >= 15 is 0 Å². The standard InChI is InChI=1S/C13H9BrClFS/c14-13-7-11(16)5-4-9(13)8-17-12-3-1-2-10(15)6-12/h1-7H,8H2. The fraction of sp³-hybridized carbons (Fsp3) is 0.0769. The summed E-state index contributed by atoms with van der Waals surface area (Å²) in [6, 6.07) is 12.4. The normalized spacial score (nSPS) is 10.5. The molecule has 0 radical (unpaired) electrons. The summed E-state index contributed by atoms with van der Waals surface area (Å²) in [5.74, 6) is 0.551. The summed E-state index contributed by atoms with van der Waals surface area (Å²) in [4.78, 5) is 1.11. The van der Waals surface area contributed by atoms with Crippen LogP contribution >= 0.6 is 39.3 Å². The highest BCUT2D eigenvalue weighted by atomic mass is 79.9. The van der Waals surface area contributed by atoms with E-state index in [4.69, 9.17) is 11.6 Å². The molecular formula is C13H9BrClFS. The number of hydrogen-bond acceptors (Lipinski definition) is 1. The molecule has 17 heavy (non-hydrogen) atoms. The lowest BCUT2D eigenvalue weighted by atomic mass is 10.2. The second-order valence-corrected chi connectivity index (χ2v) is 5.82. The van der Waals surface area contributed by atoms with E-state index in [1.807, 2.05) is 24.3 Å². The highest BCUT2D eigenvalue weighted by Crippen LogP contribution is 2.28. The summed E-state index contributed by atoms with van der Waals surface area (Å²) >= 11 is 10.9. The highest BCUT2D eigenvalue weighted by Gasteiger charge is 2.03. The summed E-state index contributed by atoms with van der Waals surface area (Å²) in [7, 11) is 0. The molecule has 0 saturated heterocycles. The lowest BCUT2D eigenvalue weighted by Crippen LogP contribution is -1.84. The van der Waals surface area contributed by atoms with E-state index < -0.39 is 0 Å². The molecule has 0 spiro atoms. The van der Waals surface area contributed by atoms with E-state index in [9.17, 15) is 4.39 Å². The van der Waals surface area contributed by atoms with Crippen LogP contribution in [0.4, 0.5) is 4.39 Å². The number of hydrogen-bond donors (Lipinski definition) is 0. The summed E-state index contributed by atoms with van der Waals surface area (Å²) in [5, 5.41) is 0.730. The first-order chi connectivity index (χ1) is 8.15. The van der Waals surface area contributed by atoms with Gasteiger partial charge in [0.25, 0.3) is 0 Å². The third-order valence-electron chi connectivity index (χ3n) is 2.21. The van der Waals surface area contributed by atoms with E-state index in [0.29, 0.717) is 0 Å². The highest BCUT2D eigenvalue weighted by molar-refractivity contribution is 9.10. The van der Waals surface area contributed by atoms with Gasteiger partial charge in [-0.2, -0.15) is 0 Å². The van der Waals surface area contributed by atoms with E-state index in [-0.39, 0.29) is 5.82 Å². The molecule has 0 heterocycles. The smallest absolute Gasteiger partial charge is 0.124 e. The van der Waals surface area contributed by atoms with E-state index in [1.165, 1.54) is 12.1 Å². The van der Waals surface area contributed by atoms with E-state index in [0.717, 1.165) is 25.7 Å². The van der Waals surface area contributed by atoms with Gasteiger partial charge in [0.1, 0.15) is 5.82 Å². The van der Waals surface area contributed by atoms with Crippen LogP contribution in [0, 0.1) is 5.82 Å². The maximum absolute atomic E-state index is 12.9. The Bertz CT molecular complexity index is 531. The lowest BCUT2D eigenvalue weighted by Gasteiger charge is -2.05. The van der Waals surface area contributed by atoms with Crippen molar-refractivity contribution >= 4 is 39.3 Å². The minimum atomic E-state index is -0.228. The molecule has 0 aliphatic heterocycles. The molecule has 0 fully saturated rings. The second kappa shape index (κ2) is 5.89. The van der Waals surface area contributed by atoms with Crippen LogP contribution in [0.3, 0.4) is 0 Å². The van der Waals surface area contributed by atoms with Gasteiger partial charge >= 0.3 is 0 Å². The van der Waals surface area contributed by atoms with Gasteiger partial charge < -0.3 is 0 Å². The zero-order valence-corrected chi connectivity index (χ0v) is 11.9. The van der Waals surface area contributed by atoms with Crippen LogP contribution in [-0.4, -0.2) is 0 Å². The van der Waals surface area contributed by atoms with E-state index in [2.05, 4.69) is 15.9 Å². The zero-order valence-electron chi connectivity index (χ0n) is 8.79. The van der Waals surface area contributed by atoms with Crippen molar-refractivity contribution in [2.24, 2.45) is 0 Å². The van der Waals surface area contributed by atoms with Crippen LogP contribution in [-0.2, 0) is 5.75 Å². The van der Waals surface area contributed by atoms with Crippen molar-refractivity contribution in [1.29, 1.82) is 0 Å². The first-order valence-electron chi connectivity index (χ1n) is 4.97. The molecule has 0 unspecified atom stereocenters. The van der Waals surface area contributed by atoms with Gasteiger partial charge in [-0.3, -0.25) is 0 Å². The second-order valence-electron chi connectivity index (χ2n) is 3.48. The molecular weight excluding hydrogens is 323 g/mol. The summed E-state index contributed by atoms with van der Waals surface area (Å²) in [5.41, 5.74) is 1.07. The maximum atomic E-state index is 12.9. The third-order valence-corrected chi connectivity index (χ3v) is 4.22. The maximum Gasteiger partial charge on any atom is 0.124 e. The van der Waals surface area contributed by atoms with Gasteiger partial charge in [0, 0.05) is 20.1 Å². The minimum absolute atomic E-state index is 0.228. The molecule has 0 N–H and O–H groups in total. The van der Waals surface area contributed by atoms with Gasteiger partial charge in [-0.1, -0.05) is 39.7 Å². The number of thioether (sulfide) groups is 1. The predicted molar refractivity (Wildman–Crippen MR) is 75.1 cm³/mol. The van der Waals surface area contributed by atoms with E-state index in [1.54, 1.807) is 17.8 Å². The molecule has 0 nitrogen and oxygen atoms in total. The molecule has 2 aromatic carbocycles. The average molecular weight is 332 g/mol. The fourth-order valence-electron chi connectivity index (χ4n) is 1.36. The number of rotatable bonds is 3. The molecule has 0 amide bonds. The molecule has 0 aliphatic rings. The number of benzene rings is 2. The fourth-order valence-corrected chi connectivity index (χ4v) is 3.25. The van der Waals surface area contributed by atoms with Crippen molar-refractivity contribution in [2.75, 3.05) is 0 Å². The molecule has 2 rings (SSSR count). The van der Waals surface area contributed by atoms with Gasteiger partial charge in [-0.25, -0.2) is 4.39 Å². The third kappa shape index (κ3) is 3.73. The van der Waals surface area contributed by atoms with Crippen LogP contribution in [0.5, 0.6) is 0 Å². The molecule has 0 atom stereocenters. The number of halogens is 3. The topological polar surface area (TPSA) is 0 Å². The lowest BCUT2D eigenvalue weighted by molar-refractivity contribution is 0.626. The summed E-state index contributed by atoms with van der Waals surface area (Å²) in [6.07, 6.45) is 0. The van der Waals surface area contributed by atoms with Crippen molar-refractivity contribution < 1.29 is 4.39 Å². The van der Waals surface area contributed by atoms with Crippen molar-refractivity contribution in [2.45, 2.75) is 10.6 Å². The molecule has 0 saturated carbocycles. The Labute approximate surface area is 117 Å². The Morgan fingerprint density at radius 2 is 2.00 bits per heavy atom. The Morgan fingerprint density at radius 1 is 1.18 bits per heavy atom. The summed E-state index contributed by atoms with van der Waals surface area (Å²) in [6.45, 7) is 0. The molecule has 0 bridgehead atoms. The van der Waals surface area contributed by atoms with Gasteiger partial charge in [-0.15, -0.1) is 11.8 Å². The molecule has 0 aliphatic carbocycles. The van der Waals surface area contributed by atoms with Gasteiger partial charge in [-0.05, 0) is 35.9 Å². The first-order valence-corrected chi connectivity index (χ1v) is 7.13. The molecule has 2 aromatic rings. The largest absolute Gasteiger partial charge is 0.207 e. The van der Waals surface area contributed by atoms with Crippen molar-refractivity contribution in [3.8, 4) is 0 Å². The quantitative estimate of drug-likeness (QED) is 0.666. The van der Waals surface area contributed by atoms with Crippen LogP contribution in [0.2, 0.25) is 5.02 Å². The van der Waals surface area contributed by atoms with Crippen molar-refractivity contribution in [1.82, 2.24) is 0 Å². The zero-order chi connectivity index (χ0) is 12.3. The average Bonchev–Trinajstić information content (AvgIpc) is 2.28. The Kier molecular flexibility index (Phi) is 4.48. The summed E-state index contributed by atoms with van der Waals surface area (Å²) < 4.78 is 13.7. The monoisotopic (exact) mass is 330 g/mol. The molecule has 0 aromatic heterocycles. The van der Waals surface area contributed by atoms with Crippen LogP contribution in [0.15, 0.2) is 51.8 Å².